The first-order chi connectivity index (χ1) is 7.17. The van der Waals surface area contributed by atoms with Gasteiger partial charge in [0.2, 0.25) is 0 Å². The van der Waals surface area contributed by atoms with Crippen LogP contribution < -0.4 is 10.5 Å². The zero-order valence-corrected chi connectivity index (χ0v) is 8.25. The highest BCUT2D eigenvalue weighted by molar-refractivity contribution is 5.67. The molecule has 7 nitrogen and oxygen atoms in total. The molecule has 0 fully saturated rings. The highest BCUT2D eigenvalue weighted by Crippen LogP contribution is 2.15. The molecule has 0 aromatic carbocycles. The van der Waals surface area contributed by atoms with Crippen molar-refractivity contribution in [3.63, 3.8) is 0 Å². The van der Waals surface area contributed by atoms with Crippen LogP contribution in [0.2, 0.25) is 0 Å². The molecule has 1 atom stereocenters. The van der Waals surface area contributed by atoms with Gasteiger partial charge in [-0.2, -0.15) is 0 Å². The van der Waals surface area contributed by atoms with Gasteiger partial charge in [-0.05, 0) is 0 Å². The largest absolute Gasteiger partial charge is 0.481 e. The summed E-state index contributed by atoms with van der Waals surface area (Å²) >= 11 is 0. The maximum atomic E-state index is 10.5. The Bertz CT molecular complexity index is 327. The van der Waals surface area contributed by atoms with E-state index >= 15 is 0 Å². The number of carboxylic acids is 1. The van der Waals surface area contributed by atoms with E-state index in [2.05, 4.69) is 15.2 Å². The Kier molecular flexibility index (Phi) is 3.92. The third-order valence-electron chi connectivity index (χ3n) is 1.86. The molecule has 0 amide bonds. The normalized spacial score (nSPS) is 12.1. The molecule has 0 radical (unpaired) electrons. The lowest BCUT2D eigenvalue weighted by atomic mass is 10.0. The number of ether oxygens (including phenoxy) is 1. The van der Waals surface area contributed by atoms with Crippen molar-refractivity contribution in [1.82, 2.24) is 15.2 Å². The molecule has 1 rings (SSSR count). The minimum Gasteiger partial charge on any atom is -0.481 e. The highest BCUT2D eigenvalue weighted by Gasteiger charge is 2.16. The third kappa shape index (κ3) is 3.13. The average molecular weight is 212 g/mol. The van der Waals surface area contributed by atoms with E-state index in [-0.39, 0.29) is 24.9 Å². The Morgan fingerprint density at radius 3 is 2.80 bits per heavy atom. The maximum Gasteiger partial charge on any atom is 0.335 e. The molecule has 0 saturated carbocycles. The molecule has 82 valence electrons. The summed E-state index contributed by atoms with van der Waals surface area (Å²) < 4.78 is 4.73. The Morgan fingerprint density at radius 2 is 2.40 bits per heavy atom. The molecule has 1 heterocycles. The number of carboxylic acid groups (broad SMARTS) is 1. The molecule has 0 aliphatic rings. The van der Waals surface area contributed by atoms with Crippen LogP contribution in [-0.4, -0.2) is 39.9 Å². The first kappa shape index (κ1) is 11.3. The van der Waals surface area contributed by atoms with Gasteiger partial charge in [-0.25, -0.2) is 4.98 Å². The first-order valence-electron chi connectivity index (χ1n) is 4.32. The minimum absolute atomic E-state index is 0.0841. The van der Waals surface area contributed by atoms with E-state index in [1.165, 1.54) is 13.3 Å². The average Bonchev–Trinajstić information content (AvgIpc) is 2.26. The fourth-order valence-corrected chi connectivity index (χ4v) is 1.07. The van der Waals surface area contributed by atoms with Crippen LogP contribution in [0.25, 0.3) is 0 Å². The predicted molar refractivity (Wildman–Crippen MR) is 50.4 cm³/mol. The number of aromatic nitrogens is 3. The Hall–Kier alpha value is -1.76. The number of hydrogen-bond acceptors (Lipinski definition) is 6. The summed E-state index contributed by atoms with van der Waals surface area (Å²) in [6.45, 7) is 0.189. The summed E-state index contributed by atoms with van der Waals surface area (Å²) in [5.41, 5.74) is 5.89. The van der Waals surface area contributed by atoms with Crippen molar-refractivity contribution in [2.24, 2.45) is 5.73 Å². The second kappa shape index (κ2) is 5.20. The number of rotatable bonds is 5. The zero-order chi connectivity index (χ0) is 11.3. The highest BCUT2D eigenvalue weighted by atomic mass is 16.5. The lowest BCUT2D eigenvalue weighted by molar-refractivity contribution is -0.137. The molecule has 0 aliphatic carbocycles. The maximum absolute atomic E-state index is 10.5. The van der Waals surface area contributed by atoms with Gasteiger partial charge < -0.3 is 15.6 Å². The minimum atomic E-state index is -0.928. The van der Waals surface area contributed by atoms with Crippen molar-refractivity contribution < 1.29 is 14.6 Å². The Labute approximate surface area is 86.3 Å². The summed E-state index contributed by atoms with van der Waals surface area (Å²) in [6.07, 6.45) is 1.34. The molecule has 0 bridgehead atoms. The molecule has 1 aromatic rings. The molecule has 3 N–H and O–H groups in total. The Morgan fingerprint density at radius 1 is 1.67 bits per heavy atom. The SMILES string of the molecule is COc1ncc(C(CN)CC(=O)O)nn1. The topological polar surface area (TPSA) is 111 Å². The van der Waals surface area contributed by atoms with Crippen LogP contribution in [0.3, 0.4) is 0 Å². The lowest BCUT2D eigenvalue weighted by Gasteiger charge is -2.09. The second-order valence-corrected chi connectivity index (χ2v) is 2.90. The van der Waals surface area contributed by atoms with Crippen LogP contribution in [0.15, 0.2) is 6.20 Å². The molecule has 0 spiro atoms. The lowest BCUT2D eigenvalue weighted by Crippen LogP contribution is -2.18. The number of methoxy groups -OCH3 is 1. The van der Waals surface area contributed by atoms with Crippen LogP contribution in [0, 0.1) is 0 Å². The van der Waals surface area contributed by atoms with Crippen molar-refractivity contribution in [2.45, 2.75) is 12.3 Å². The smallest absolute Gasteiger partial charge is 0.335 e. The first-order valence-corrected chi connectivity index (χ1v) is 4.32. The molecule has 0 saturated heterocycles. The molecule has 15 heavy (non-hydrogen) atoms. The molecular formula is C8H12N4O3. The number of hydrogen-bond donors (Lipinski definition) is 2. The van der Waals surface area contributed by atoms with Crippen molar-refractivity contribution in [1.29, 1.82) is 0 Å². The zero-order valence-electron chi connectivity index (χ0n) is 8.25. The van der Waals surface area contributed by atoms with Gasteiger partial charge in [0.25, 0.3) is 0 Å². The van der Waals surface area contributed by atoms with Gasteiger partial charge >= 0.3 is 12.0 Å². The van der Waals surface area contributed by atoms with Crippen LogP contribution in [0.4, 0.5) is 0 Å². The van der Waals surface area contributed by atoms with E-state index in [4.69, 9.17) is 15.6 Å². The van der Waals surface area contributed by atoms with Gasteiger partial charge in [0.1, 0.15) is 0 Å². The summed E-state index contributed by atoms with van der Waals surface area (Å²) in [5, 5.41) is 16.1. The van der Waals surface area contributed by atoms with E-state index in [1.54, 1.807) is 0 Å². The molecular weight excluding hydrogens is 200 g/mol. The summed E-state index contributed by atoms with van der Waals surface area (Å²) in [7, 11) is 1.42. The van der Waals surface area contributed by atoms with Crippen LogP contribution in [-0.2, 0) is 4.79 Å². The fourth-order valence-electron chi connectivity index (χ4n) is 1.07. The van der Waals surface area contributed by atoms with Crippen molar-refractivity contribution in [3.05, 3.63) is 11.9 Å². The number of aliphatic carboxylic acids is 1. The Balaban J connectivity index is 2.78. The summed E-state index contributed by atoms with van der Waals surface area (Å²) in [6, 6.07) is 0.143. The third-order valence-corrected chi connectivity index (χ3v) is 1.86. The van der Waals surface area contributed by atoms with Crippen LogP contribution >= 0.6 is 0 Å². The van der Waals surface area contributed by atoms with E-state index in [0.717, 1.165) is 0 Å². The van der Waals surface area contributed by atoms with Crippen molar-refractivity contribution >= 4 is 5.97 Å². The van der Waals surface area contributed by atoms with Crippen molar-refractivity contribution in [2.75, 3.05) is 13.7 Å². The van der Waals surface area contributed by atoms with Gasteiger partial charge in [-0.1, -0.05) is 5.10 Å². The number of carbonyl (C=O) groups is 1. The van der Waals surface area contributed by atoms with Gasteiger partial charge in [0.15, 0.2) is 0 Å². The summed E-state index contributed by atoms with van der Waals surface area (Å²) in [5.74, 6) is -1.29. The second-order valence-electron chi connectivity index (χ2n) is 2.90. The number of nitrogens with two attached hydrogens (primary N) is 1. The van der Waals surface area contributed by atoms with Gasteiger partial charge in [0, 0.05) is 12.5 Å². The molecule has 0 aliphatic heterocycles. The van der Waals surface area contributed by atoms with E-state index in [0.29, 0.717) is 5.69 Å². The van der Waals surface area contributed by atoms with Crippen molar-refractivity contribution in [3.8, 4) is 6.01 Å². The summed E-state index contributed by atoms with van der Waals surface area (Å²) in [4.78, 5) is 14.3. The quantitative estimate of drug-likeness (QED) is 0.670. The van der Waals surface area contributed by atoms with Crippen LogP contribution in [0.1, 0.15) is 18.0 Å². The molecule has 7 heteroatoms. The predicted octanol–water partition coefficient (Wildman–Crippen LogP) is -0.603. The monoisotopic (exact) mass is 212 g/mol. The van der Waals surface area contributed by atoms with Gasteiger partial charge in [-0.3, -0.25) is 4.79 Å². The molecule has 1 aromatic heterocycles. The van der Waals surface area contributed by atoms with E-state index in [1.807, 2.05) is 0 Å². The van der Waals surface area contributed by atoms with E-state index in [9.17, 15) is 4.79 Å². The van der Waals surface area contributed by atoms with Gasteiger partial charge in [-0.15, -0.1) is 5.10 Å². The fraction of sp³-hybridized carbons (Fsp3) is 0.500. The van der Waals surface area contributed by atoms with Crippen LogP contribution in [0.5, 0.6) is 6.01 Å². The van der Waals surface area contributed by atoms with E-state index < -0.39 is 5.97 Å². The van der Waals surface area contributed by atoms with Gasteiger partial charge in [0.05, 0.1) is 25.4 Å². The number of nitrogens with zero attached hydrogens (tertiary/aromatic N) is 3. The molecule has 1 unspecified atom stereocenters. The standard InChI is InChI=1S/C8H12N4O3/c1-15-8-10-4-6(11-12-8)5(3-9)2-7(13)14/h4-5H,2-3,9H2,1H3,(H,13,14).